The van der Waals surface area contributed by atoms with Gasteiger partial charge < -0.3 is 19.9 Å². The van der Waals surface area contributed by atoms with E-state index in [0.29, 0.717) is 29.0 Å². The van der Waals surface area contributed by atoms with Crippen molar-refractivity contribution in [1.82, 2.24) is 23.8 Å². The van der Waals surface area contributed by atoms with Crippen molar-refractivity contribution in [3.8, 4) is 6.07 Å². The van der Waals surface area contributed by atoms with Gasteiger partial charge in [0, 0.05) is 18.5 Å². The topological polar surface area (TPSA) is 128 Å². The van der Waals surface area contributed by atoms with Gasteiger partial charge >= 0.3 is 0 Å². The highest BCUT2D eigenvalue weighted by Crippen LogP contribution is 2.37. The second kappa shape index (κ2) is 11.7. The number of benzene rings is 1. The maximum Gasteiger partial charge on any atom is 0.211 e. The standard InChI is InChI=1S/C26H34N8O2S2/c1-4-19-11-21(12-20(5-2)34(19)38(36)33-14-17(13-27)15-33)32(3)23-10-18-8-6-7-9-22(18)25(28-23)29-26-31-30-24(16-35)37-26/h6-10,17,19-21,35H,4-5,11-12,14-16H2,1-3H3,(H,28,29,31)/t19-,20+,21?,38?. The second-order valence-corrected chi connectivity index (χ2v) is 12.4. The summed E-state index contributed by atoms with van der Waals surface area (Å²) in [5, 5.41) is 33.2. The Bertz CT molecular complexity index is 1280. The van der Waals surface area contributed by atoms with E-state index in [4.69, 9.17) is 10.2 Å². The molecule has 0 radical (unpaired) electrons. The van der Waals surface area contributed by atoms with Crippen LogP contribution < -0.4 is 10.2 Å². The summed E-state index contributed by atoms with van der Waals surface area (Å²) in [5.74, 6) is 1.55. The van der Waals surface area contributed by atoms with Crippen molar-refractivity contribution in [2.45, 2.75) is 64.3 Å². The Kier molecular flexibility index (Phi) is 8.32. The molecule has 202 valence electrons. The minimum Gasteiger partial charge on any atom is -0.578 e. The summed E-state index contributed by atoms with van der Waals surface area (Å²) in [7, 11) is 2.10. The second-order valence-electron chi connectivity index (χ2n) is 9.96. The Balaban J connectivity index is 1.39. The van der Waals surface area contributed by atoms with Crippen molar-refractivity contribution in [1.29, 1.82) is 5.26 Å². The predicted octanol–water partition coefficient (Wildman–Crippen LogP) is 3.81. The van der Waals surface area contributed by atoms with Gasteiger partial charge in [-0.1, -0.05) is 49.4 Å². The van der Waals surface area contributed by atoms with E-state index >= 15 is 0 Å². The normalized spacial score (nSPS) is 23.6. The summed E-state index contributed by atoms with van der Waals surface area (Å²) >= 11 is 0.0841. The lowest BCUT2D eigenvalue weighted by Crippen LogP contribution is -2.62. The van der Waals surface area contributed by atoms with Crippen LogP contribution >= 0.6 is 11.3 Å². The largest absolute Gasteiger partial charge is 0.578 e. The number of nitrogens with one attached hydrogen (secondary N) is 1. The molecular formula is C26H34N8O2S2. The van der Waals surface area contributed by atoms with E-state index in [1.54, 1.807) is 0 Å². The minimum absolute atomic E-state index is 0.0139. The highest BCUT2D eigenvalue weighted by atomic mass is 32.2. The zero-order valence-electron chi connectivity index (χ0n) is 21.9. The number of piperidine rings is 1. The molecule has 4 atom stereocenters. The van der Waals surface area contributed by atoms with Gasteiger partial charge in [-0.15, -0.1) is 18.8 Å². The third kappa shape index (κ3) is 5.32. The average Bonchev–Trinajstić information content (AvgIpc) is 3.38. The number of anilines is 3. The molecule has 0 spiro atoms. The number of nitrogens with zero attached hydrogens (tertiary/aromatic N) is 7. The van der Waals surface area contributed by atoms with Crippen LogP contribution in [0.5, 0.6) is 0 Å². The van der Waals surface area contributed by atoms with Crippen LogP contribution in [0.1, 0.15) is 44.5 Å². The first-order chi connectivity index (χ1) is 18.4. The summed E-state index contributed by atoms with van der Waals surface area (Å²) in [5.41, 5.74) is 0. The first kappa shape index (κ1) is 27.1. The van der Waals surface area contributed by atoms with Crippen LogP contribution in [0.25, 0.3) is 10.8 Å². The molecule has 12 heteroatoms. The Morgan fingerprint density at radius 3 is 2.55 bits per heavy atom. The fourth-order valence-corrected chi connectivity index (χ4v) is 7.85. The Labute approximate surface area is 230 Å². The fraction of sp³-hybridized carbons (Fsp3) is 0.538. The maximum absolute atomic E-state index is 13.5. The molecule has 0 saturated carbocycles. The minimum atomic E-state index is -1.22. The number of hydrogen-bond donors (Lipinski definition) is 2. The average molecular weight is 555 g/mol. The zero-order chi connectivity index (χ0) is 26.8. The number of fused-ring (bicyclic) bond motifs is 1. The van der Waals surface area contributed by atoms with Crippen molar-refractivity contribution >= 4 is 50.4 Å². The molecule has 2 aromatic heterocycles. The molecule has 2 unspecified atom stereocenters. The number of nitriles is 1. The van der Waals surface area contributed by atoms with E-state index in [0.717, 1.165) is 42.3 Å². The van der Waals surface area contributed by atoms with Crippen molar-refractivity contribution < 1.29 is 9.66 Å². The van der Waals surface area contributed by atoms with Crippen molar-refractivity contribution in [2.24, 2.45) is 5.92 Å². The lowest BCUT2D eigenvalue weighted by Gasteiger charge is -2.48. The number of pyridine rings is 1. The van der Waals surface area contributed by atoms with Crippen molar-refractivity contribution in [3.63, 3.8) is 0 Å². The van der Waals surface area contributed by atoms with Gasteiger partial charge in [-0.2, -0.15) is 5.26 Å². The van der Waals surface area contributed by atoms with E-state index in [9.17, 15) is 9.66 Å². The van der Waals surface area contributed by atoms with Crippen LogP contribution in [0.4, 0.5) is 16.8 Å². The van der Waals surface area contributed by atoms with Gasteiger partial charge in [-0.05, 0) is 37.1 Å². The molecule has 3 aromatic rings. The molecule has 10 nitrogen and oxygen atoms in total. The molecule has 2 saturated heterocycles. The van der Waals surface area contributed by atoms with Gasteiger partial charge in [0.1, 0.15) is 28.2 Å². The Morgan fingerprint density at radius 2 is 1.92 bits per heavy atom. The Hall–Kier alpha value is -2.53. The summed E-state index contributed by atoms with van der Waals surface area (Å²) in [4.78, 5) is 7.27. The number of hydrogen-bond acceptors (Lipinski definition) is 11. The van der Waals surface area contributed by atoms with Gasteiger partial charge in [0.25, 0.3) is 0 Å². The van der Waals surface area contributed by atoms with Gasteiger partial charge in [0.2, 0.25) is 5.13 Å². The fourth-order valence-electron chi connectivity index (χ4n) is 5.39. The third-order valence-corrected chi connectivity index (χ3v) is 10.2. The lowest BCUT2D eigenvalue weighted by atomic mass is 9.90. The molecule has 2 N–H and O–H groups in total. The molecule has 38 heavy (non-hydrogen) atoms. The first-order valence-corrected chi connectivity index (χ1v) is 15.0. The van der Waals surface area contributed by atoms with Crippen LogP contribution in [0.2, 0.25) is 0 Å². The number of rotatable bonds is 9. The van der Waals surface area contributed by atoms with E-state index in [2.05, 4.69) is 63.8 Å². The molecule has 2 fully saturated rings. The highest BCUT2D eigenvalue weighted by Gasteiger charge is 2.48. The molecular weight excluding hydrogens is 520 g/mol. The first-order valence-electron chi connectivity index (χ1n) is 13.1. The monoisotopic (exact) mass is 554 g/mol. The van der Waals surface area contributed by atoms with Gasteiger partial charge in [0.05, 0.1) is 43.8 Å². The molecule has 0 amide bonds. The predicted molar refractivity (Wildman–Crippen MR) is 151 cm³/mol. The molecule has 5 rings (SSSR count). The third-order valence-electron chi connectivity index (χ3n) is 7.65. The molecule has 2 aliphatic heterocycles. The summed E-state index contributed by atoms with van der Waals surface area (Å²) in [6.45, 7) is 5.35. The van der Waals surface area contributed by atoms with Crippen molar-refractivity contribution in [2.75, 3.05) is 30.4 Å². The van der Waals surface area contributed by atoms with Crippen molar-refractivity contribution in [3.05, 3.63) is 35.3 Å². The Morgan fingerprint density at radius 1 is 1.21 bits per heavy atom. The molecule has 1 aromatic carbocycles. The van der Waals surface area contributed by atoms with Gasteiger partial charge in [-0.25, -0.2) is 4.98 Å². The van der Waals surface area contributed by atoms with Crippen LogP contribution in [-0.4, -0.2) is 71.7 Å². The lowest BCUT2D eigenvalue weighted by molar-refractivity contribution is 0.129. The molecule has 0 aliphatic carbocycles. The number of aliphatic hydroxyl groups is 1. The van der Waals surface area contributed by atoms with E-state index in [1.165, 1.54) is 11.3 Å². The van der Waals surface area contributed by atoms with Crippen LogP contribution in [0.15, 0.2) is 30.3 Å². The van der Waals surface area contributed by atoms with E-state index < -0.39 is 11.5 Å². The highest BCUT2D eigenvalue weighted by molar-refractivity contribution is 7.86. The summed E-state index contributed by atoms with van der Waals surface area (Å²) in [6, 6.07) is 13.1. The van der Waals surface area contributed by atoms with Gasteiger partial charge in [0.15, 0.2) is 0 Å². The van der Waals surface area contributed by atoms with Crippen LogP contribution in [-0.2, 0) is 18.2 Å². The SMILES string of the molecule is CC[C@@H]1CC(N(C)c2cc3ccccc3c(Nc3nnc(CO)s3)n2)C[C@H](CC)N1[S+]([O-])N1CC(C#N)C1. The number of aromatic nitrogens is 3. The quantitative estimate of drug-likeness (QED) is 0.377. The summed E-state index contributed by atoms with van der Waals surface area (Å²) < 4.78 is 17.6. The van der Waals surface area contributed by atoms with E-state index in [1.807, 2.05) is 22.5 Å². The molecule has 2 aliphatic rings. The maximum atomic E-state index is 13.5. The number of aliphatic hydroxyl groups excluding tert-OH is 1. The van der Waals surface area contributed by atoms with Gasteiger partial charge in [-0.3, -0.25) is 0 Å². The smallest absolute Gasteiger partial charge is 0.211 e. The van der Waals surface area contributed by atoms with Crippen LogP contribution in [0, 0.1) is 17.2 Å². The van der Waals surface area contributed by atoms with Crippen LogP contribution in [0.3, 0.4) is 0 Å². The zero-order valence-corrected chi connectivity index (χ0v) is 23.6. The summed E-state index contributed by atoms with van der Waals surface area (Å²) in [6.07, 6.45) is 3.59. The molecule has 0 bridgehead atoms. The molecule has 4 heterocycles. The van der Waals surface area contributed by atoms with E-state index in [-0.39, 0.29) is 30.7 Å².